The fraction of sp³-hybridized carbons (Fsp3) is 0.848. The number of rotatable bonds is 76. The molecule has 0 radical (unpaired) electrons. The van der Waals surface area contributed by atoms with E-state index in [0.29, 0.717) is 25.7 Å². The molecule has 0 aromatic carbocycles. The molecule has 0 aliphatic rings. The van der Waals surface area contributed by atoms with Crippen LogP contribution >= 0.6 is 15.6 Å². The van der Waals surface area contributed by atoms with Crippen molar-refractivity contribution in [1.82, 2.24) is 0 Å². The molecule has 0 spiro atoms. The van der Waals surface area contributed by atoms with Crippen molar-refractivity contribution in [3.63, 3.8) is 0 Å². The van der Waals surface area contributed by atoms with Crippen LogP contribution in [0.25, 0.3) is 0 Å². The molecule has 0 aliphatic heterocycles. The Labute approximate surface area is 597 Å². The molecule has 0 rings (SSSR count). The first-order valence-electron chi connectivity index (χ1n) is 39.8. The highest BCUT2D eigenvalue weighted by Crippen LogP contribution is 2.41. The molecule has 17 nitrogen and oxygen atoms in total. The van der Waals surface area contributed by atoms with Crippen molar-refractivity contribution < 1.29 is 80.2 Å². The summed E-state index contributed by atoms with van der Waals surface area (Å²) in [5.74, 6) is -2.27. The second-order valence-corrected chi connectivity index (χ2v) is 29.8. The maximum atomic E-state index is 13.0. The quantitative estimate of drug-likeness (QED) is 0.0196. The Morgan fingerprint density at radius 2 is 0.480 bits per heavy atom. The van der Waals surface area contributed by atoms with Gasteiger partial charge in [0.2, 0.25) is 0 Å². The molecule has 0 saturated heterocycles. The summed E-state index contributed by atoms with van der Waals surface area (Å²) in [7, 11) is -10.5. The van der Waals surface area contributed by atoms with Gasteiger partial charge in [-0.2, -0.15) is 0 Å². The second-order valence-electron chi connectivity index (χ2n) is 27.0. The van der Waals surface area contributed by atoms with Crippen LogP contribution in [0.3, 0.4) is 0 Å². The molecule has 1 N–H and O–H groups in total. The van der Waals surface area contributed by atoms with Crippen LogP contribution in [-0.2, 0) is 65.4 Å². The van der Waals surface area contributed by atoms with Gasteiger partial charge in [-0.3, -0.25) is 28.3 Å². The van der Waals surface area contributed by atoms with Gasteiger partial charge in [0, 0.05) is 25.7 Å². The first-order valence-corrected chi connectivity index (χ1v) is 42.8. The first-order chi connectivity index (χ1) is 47.7. The summed E-state index contributed by atoms with van der Waals surface area (Å²) in [5, 5.41) is 10.6. The standard InChI is InChI=1S/C79H146O17P2/c1-5-9-13-17-21-25-29-33-36-40-43-47-51-55-59-63-76(81)89-69-74(95-78(83)65-61-57-53-49-45-39-32-28-24-20-16-12-8-4)71-93-97(85,86)91-67-73(80)68-92-98(87,88)94-72-75(96-79(84)66-62-58-54-50-46-42-38-35-31-27-23-19-15-11-7-3)70-90-77(82)64-60-56-52-48-44-41-37-34-30-26-22-18-14-10-6-2/h28,32-38,73-75,80H,5-27,29-31,39-72H2,1-4H3,(H,85,86)(H,87,88)/p-2/b32-28-,36-33-,37-34-,38-35-/t73?,74-,75-/m1/s1. The van der Waals surface area contributed by atoms with Gasteiger partial charge in [0.15, 0.2) is 12.2 Å². The molecular weight excluding hydrogens is 1280 g/mol. The third-order valence-electron chi connectivity index (χ3n) is 17.2. The Bertz CT molecular complexity index is 2050. The number of phosphoric acid groups is 2. The minimum atomic E-state index is -5.24. The fourth-order valence-corrected chi connectivity index (χ4v) is 12.6. The fourth-order valence-electron chi connectivity index (χ4n) is 11.1. The van der Waals surface area contributed by atoms with Gasteiger partial charge in [-0.05, 0) is 128 Å². The smallest absolute Gasteiger partial charge is 0.306 e. The molecule has 0 heterocycles. The number of carbonyl (C=O) groups excluding carboxylic acids is 4. The van der Waals surface area contributed by atoms with Gasteiger partial charge in [-0.25, -0.2) is 0 Å². The molecule has 0 aromatic heterocycles. The van der Waals surface area contributed by atoms with Crippen molar-refractivity contribution >= 4 is 39.5 Å². The zero-order chi connectivity index (χ0) is 71.8. The summed E-state index contributed by atoms with van der Waals surface area (Å²) in [6.45, 7) is 4.47. The number of hydrogen-bond acceptors (Lipinski definition) is 17. The van der Waals surface area contributed by atoms with Gasteiger partial charge in [0.05, 0.1) is 26.4 Å². The number of aliphatic hydroxyl groups excluding tert-OH is 1. The van der Waals surface area contributed by atoms with E-state index in [9.17, 15) is 43.2 Å². The van der Waals surface area contributed by atoms with Crippen molar-refractivity contribution in [3.8, 4) is 0 Å². The summed E-state index contributed by atoms with van der Waals surface area (Å²) in [5.41, 5.74) is 0. The molecule has 98 heavy (non-hydrogen) atoms. The highest BCUT2D eigenvalue weighted by atomic mass is 31.2. The lowest BCUT2D eigenvalue weighted by molar-refractivity contribution is -0.233. The first kappa shape index (κ1) is 95.0. The topological polar surface area (TPSA) is 243 Å². The summed E-state index contributed by atoms with van der Waals surface area (Å²) in [6, 6.07) is 0. The molecule has 574 valence electrons. The van der Waals surface area contributed by atoms with Crippen LogP contribution in [0.2, 0.25) is 0 Å². The van der Waals surface area contributed by atoms with Crippen LogP contribution < -0.4 is 9.79 Å². The normalized spacial score (nSPS) is 14.2. The van der Waals surface area contributed by atoms with Gasteiger partial charge in [-0.1, -0.05) is 269 Å². The van der Waals surface area contributed by atoms with Crippen molar-refractivity contribution in [2.75, 3.05) is 39.6 Å². The average Bonchev–Trinajstić information content (AvgIpc) is 1.07. The molecule has 5 atom stereocenters. The van der Waals surface area contributed by atoms with Crippen LogP contribution in [-0.4, -0.2) is 86.9 Å². The van der Waals surface area contributed by atoms with Gasteiger partial charge < -0.3 is 51.9 Å². The van der Waals surface area contributed by atoms with E-state index in [2.05, 4.69) is 76.3 Å². The summed E-state index contributed by atoms with van der Waals surface area (Å²) >= 11 is 0. The van der Waals surface area contributed by atoms with Crippen LogP contribution in [0.15, 0.2) is 48.6 Å². The molecule has 0 fully saturated rings. The Morgan fingerprint density at radius 3 is 0.724 bits per heavy atom. The lowest BCUT2D eigenvalue weighted by Gasteiger charge is -2.28. The number of hydrogen-bond donors (Lipinski definition) is 1. The number of carbonyl (C=O) groups is 4. The summed E-state index contributed by atoms with van der Waals surface area (Å²) in [6.07, 6.45) is 68.8. The second kappa shape index (κ2) is 72.4. The largest absolute Gasteiger partial charge is 0.756 e. The van der Waals surface area contributed by atoms with Gasteiger partial charge in [-0.15, -0.1) is 0 Å². The Morgan fingerprint density at radius 1 is 0.286 bits per heavy atom. The maximum Gasteiger partial charge on any atom is 0.306 e. The molecule has 0 bridgehead atoms. The molecule has 0 amide bonds. The molecule has 3 unspecified atom stereocenters. The number of phosphoric ester groups is 2. The zero-order valence-corrected chi connectivity index (χ0v) is 64.4. The molecule has 19 heteroatoms. The van der Waals surface area contributed by atoms with E-state index in [-0.39, 0.29) is 25.7 Å². The lowest BCUT2D eigenvalue weighted by atomic mass is 10.1. The summed E-state index contributed by atoms with van der Waals surface area (Å²) < 4.78 is 67.7. The van der Waals surface area contributed by atoms with Crippen molar-refractivity contribution in [3.05, 3.63) is 48.6 Å². The average molecular weight is 1430 g/mol. The number of aliphatic hydroxyl groups is 1. The van der Waals surface area contributed by atoms with E-state index < -0.39 is 97.5 Å². The Balaban J connectivity index is 5.33. The molecule has 0 aliphatic carbocycles. The van der Waals surface area contributed by atoms with Crippen molar-refractivity contribution in [2.24, 2.45) is 0 Å². The third-order valence-corrected chi connectivity index (χ3v) is 19.1. The SMILES string of the molecule is CCCCCC/C=C\CCCCCCCC(=O)O[C@H](COC(=O)CCCCCCC/C=C\CCCCCCCC)COP(=O)([O-])OCC(O)COP(=O)([O-])OC[C@@H](COC(=O)CCCCCCC/C=C\CCCCCCCC)OC(=O)CCCCCCC/C=C\CCCCCCCC. The van der Waals surface area contributed by atoms with Crippen LogP contribution in [0.1, 0.15) is 374 Å². The van der Waals surface area contributed by atoms with Gasteiger partial charge >= 0.3 is 23.9 Å². The van der Waals surface area contributed by atoms with E-state index in [1.54, 1.807) is 0 Å². The van der Waals surface area contributed by atoms with E-state index >= 15 is 0 Å². The van der Waals surface area contributed by atoms with E-state index in [1.807, 2.05) is 0 Å². The van der Waals surface area contributed by atoms with E-state index in [0.717, 1.165) is 154 Å². The highest BCUT2D eigenvalue weighted by molar-refractivity contribution is 7.46. The number of allylic oxidation sites excluding steroid dienone is 8. The van der Waals surface area contributed by atoms with Crippen LogP contribution in [0, 0.1) is 0 Å². The van der Waals surface area contributed by atoms with E-state index in [4.69, 9.17) is 37.0 Å². The van der Waals surface area contributed by atoms with E-state index in [1.165, 1.54) is 141 Å². The predicted molar refractivity (Wildman–Crippen MR) is 395 cm³/mol. The van der Waals surface area contributed by atoms with Crippen molar-refractivity contribution in [2.45, 2.75) is 393 Å². The number of esters is 4. The zero-order valence-electron chi connectivity index (χ0n) is 62.7. The van der Waals surface area contributed by atoms with Crippen molar-refractivity contribution in [1.29, 1.82) is 0 Å². The molecule has 0 aromatic rings. The molecule has 0 saturated carbocycles. The van der Waals surface area contributed by atoms with Crippen LogP contribution in [0.5, 0.6) is 0 Å². The summed E-state index contributed by atoms with van der Waals surface area (Å²) in [4.78, 5) is 77.5. The van der Waals surface area contributed by atoms with Crippen LogP contribution in [0.4, 0.5) is 0 Å². The molecular formula is C79H144O17P2-2. The highest BCUT2D eigenvalue weighted by Gasteiger charge is 2.25. The van der Waals surface area contributed by atoms with Gasteiger partial charge in [0.1, 0.15) is 19.3 Å². The predicted octanol–water partition coefficient (Wildman–Crippen LogP) is 21.6. The van der Waals surface area contributed by atoms with Gasteiger partial charge in [0.25, 0.3) is 15.6 Å². The monoisotopic (exact) mass is 1430 g/mol. The Kier molecular flexibility index (Phi) is 70.2. The minimum Gasteiger partial charge on any atom is -0.756 e. The number of unbranched alkanes of at least 4 members (excludes halogenated alkanes) is 42. The third kappa shape index (κ3) is 71.4. The lowest BCUT2D eigenvalue weighted by Crippen LogP contribution is -2.31. The number of ether oxygens (including phenoxy) is 4. The Hall–Kier alpha value is -2.98. The minimum absolute atomic E-state index is 0.0672. The maximum absolute atomic E-state index is 13.0.